The number of aromatic nitrogens is 3. The first kappa shape index (κ1) is 25.3. The molecule has 0 spiro atoms. The molecule has 0 bridgehead atoms. The van der Waals surface area contributed by atoms with Gasteiger partial charge in [0.2, 0.25) is 11.8 Å². The second kappa shape index (κ2) is 10.3. The molecule has 1 fully saturated rings. The van der Waals surface area contributed by atoms with Crippen LogP contribution in [0.5, 0.6) is 11.8 Å². The lowest BCUT2D eigenvalue weighted by Gasteiger charge is -2.29. The number of rotatable bonds is 6. The number of ether oxygens (including phenoxy) is 1. The molecule has 0 saturated heterocycles. The zero-order chi connectivity index (χ0) is 27.8. The summed E-state index contributed by atoms with van der Waals surface area (Å²) in [4.78, 5) is 58.1. The number of hydrogen-bond donors (Lipinski definition) is 2. The van der Waals surface area contributed by atoms with Crippen LogP contribution in [0.15, 0.2) is 66.6 Å². The maximum atomic E-state index is 13.5. The second-order valence-electron chi connectivity index (χ2n) is 9.22. The predicted octanol–water partition coefficient (Wildman–Crippen LogP) is 5.31. The first-order chi connectivity index (χ1) is 19.4. The number of amides is 4. The molecule has 40 heavy (non-hydrogen) atoms. The van der Waals surface area contributed by atoms with Crippen LogP contribution in [0.4, 0.5) is 21.9 Å². The van der Waals surface area contributed by atoms with Gasteiger partial charge in [0.15, 0.2) is 0 Å². The number of aliphatic imine (C=N–C) groups is 1. The van der Waals surface area contributed by atoms with Gasteiger partial charge in [-0.25, -0.2) is 24.7 Å². The highest BCUT2D eigenvalue weighted by Gasteiger charge is 2.34. The van der Waals surface area contributed by atoms with Crippen LogP contribution in [0.2, 0.25) is 0 Å². The van der Waals surface area contributed by atoms with Crippen LogP contribution < -0.4 is 20.3 Å². The molecule has 2 aliphatic rings. The van der Waals surface area contributed by atoms with Crippen molar-refractivity contribution >= 4 is 62.2 Å². The average Bonchev–Trinajstić information content (AvgIpc) is 3.55. The third-order valence-corrected chi connectivity index (χ3v) is 7.76. The third-order valence-electron chi connectivity index (χ3n) is 6.66. The van der Waals surface area contributed by atoms with E-state index in [9.17, 15) is 14.4 Å². The largest absolute Gasteiger partial charge is 0.421 e. The Balaban J connectivity index is 1.32. The monoisotopic (exact) mass is 553 g/mol. The van der Waals surface area contributed by atoms with E-state index in [-0.39, 0.29) is 11.9 Å². The Kier molecular flexibility index (Phi) is 6.52. The van der Waals surface area contributed by atoms with Crippen molar-refractivity contribution in [3.8, 4) is 11.8 Å². The second-order valence-corrected chi connectivity index (χ2v) is 10.2. The van der Waals surface area contributed by atoms with Crippen LogP contribution in [-0.2, 0) is 4.79 Å². The normalized spacial score (nSPS) is 17.1. The molecule has 200 valence electrons. The number of carbonyl (C=O) groups is 3. The van der Waals surface area contributed by atoms with Gasteiger partial charge in [0.25, 0.3) is 11.8 Å². The van der Waals surface area contributed by atoms with Gasteiger partial charge >= 0.3 is 6.03 Å². The van der Waals surface area contributed by atoms with Crippen molar-refractivity contribution in [2.24, 2.45) is 4.99 Å². The summed E-state index contributed by atoms with van der Waals surface area (Å²) in [5.41, 5.74) is 2.92. The fraction of sp³-hybridized carbons (Fsp3) is 0.179. The topological polar surface area (TPSA) is 139 Å². The smallest absolute Gasteiger partial charge is 0.331 e. The molecular weight excluding hydrogens is 530 g/mol. The minimum absolute atomic E-state index is 0.332. The van der Waals surface area contributed by atoms with E-state index in [0.717, 1.165) is 18.1 Å². The van der Waals surface area contributed by atoms with Crippen molar-refractivity contribution in [2.75, 3.05) is 10.2 Å². The molecule has 1 saturated carbocycles. The van der Waals surface area contributed by atoms with Crippen LogP contribution in [0.3, 0.4) is 0 Å². The Bertz CT molecular complexity index is 1720. The quantitative estimate of drug-likeness (QED) is 0.309. The molecule has 4 aromatic heterocycles. The maximum Gasteiger partial charge on any atom is 0.331 e. The maximum absolute atomic E-state index is 13.5. The van der Waals surface area contributed by atoms with E-state index < -0.39 is 11.9 Å². The van der Waals surface area contributed by atoms with Crippen molar-refractivity contribution in [3.05, 3.63) is 72.0 Å². The Hall–Kier alpha value is -4.97. The van der Waals surface area contributed by atoms with Gasteiger partial charge in [-0.3, -0.25) is 14.5 Å². The van der Waals surface area contributed by atoms with Crippen LogP contribution in [0.1, 0.15) is 34.5 Å². The molecule has 4 amide bonds. The fourth-order valence-electron chi connectivity index (χ4n) is 4.84. The predicted molar refractivity (Wildman–Crippen MR) is 152 cm³/mol. The number of pyridine rings is 3. The van der Waals surface area contributed by atoms with Gasteiger partial charge in [-0.05, 0) is 50.0 Å². The Morgan fingerprint density at radius 2 is 2.08 bits per heavy atom. The van der Waals surface area contributed by atoms with Gasteiger partial charge in [-0.15, -0.1) is 11.3 Å². The Labute approximate surface area is 232 Å². The van der Waals surface area contributed by atoms with E-state index in [4.69, 9.17) is 4.74 Å². The molecular formula is C28H23N7O4S. The van der Waals surface area contributed by atoms with Crippen molar-refractivity contribution in [2.45, 2.75) is 32.2 Å². The highest BCUT2D eigenvalue weighted by atomic mass is 32.1. The molecule has 4 aromatic rings. The molecule has 11 nitrogen and oxygen atoms in total. The molecule has 5 heterocycles. The molecule has 0 aromatic carbocycles. The number of aryl methyl sites for hydroxylation is 1. The molecule has 6 rings (SSSR count). The molecule has 2 N–H and O–H groups in total. The molecule has 1 aliphatic carbocycles. The van der Waals surface area contributed by atoms with Crippen molar-refractivity contribution in [1.82, 2.24) is 20.3 Å². The van der Waals surface area contributed by atoms with E-state index in [1.165, 1.54) is 16.2 Å². The van der Waals surface area contributed by atoms with Crippen molar-refractivity contribution < 1.29 is 19.1 Å². The Morgan fingerprint density at radius 3 is 2.85 bits per heavy atom. The van der Waals surface area contributed by atoms with Gasteiger partial charge in [0.05, 0.1) is 34.7 Å². The van der Waals surface area contributed by atoms with Gasteiger partial charge < -0.3 is 15.4 Å². The standard InChI is InChI=1S/C28H23N7O4S/c1-3-20(36)32-16-7-6-8-17(16)33-26(37)25-24-23-18(10-12-30-27(23)40-25)35(28(38)34-24)19-14-31-22(13-15(19)2)39-21-9-4-5-11-29-21/h3-5,9-14,17H,1,6-8H2,2H3,(H,33,37)(H,34,38)/t17-/m1/s1. The highest BCUT2D eigenvalue weighted by molar-refractivity contribution is 7.21. The van der Waals surface area contributed by atoms with E-state index >= 15 is 0 Å². The number of anilines is 3. The number of nitrogens with one attached hydrogen (secondary N) is 2. The van der Waals surface area contributed by atoms with Gasteiger partial charge in [-0.1, -0.05) is 12.6 Å². The lowest BCUT2D eigenvalue weighted by molar-refractivity contribution is -0.113. The summed E-state index contributed by atoms with van der Waals surface area (Å²) in [7, 11) is 0. The summed E-state index contributed by atoms with van der Waals surface area (Å²) < 4.78 is 5.74. The minimum atomic E-state index is -0.435. The summed E-state index contributed by atoms with van der Waals surface area (Å²) in [6, 6.07) is 8.00. The summed E-state index contributed by atoms with van der Waals surface area (Å²) >= 11 is 1.19. The first-order valence-electron chi connectivity index (χ1n) is 12.6. The highest BCUT2D eigenvalue weighted by Crippen LogP contribution is 2.46. The Morgan fingerprint density at radius 1 is 1.20 bits per heavy atom. The summed E-state index contributed by atoms with van der Waals surface area (Å²) in [5.74, 6) is -0.0459. The van der Waals surface area contributed by atoms with Crippen molar-refractivity contribution in [3.63, 3.8) is 0 Å². The minimum Gasteiger partial charge on any atom is -0.421 e. The number of carbonyl (C=O) groups excluding carboxylic acids is 3. The van der Waals surface area contributed by atoms with Gasteiger partial charge in [0, 0.05) is 30.2 Å². The molecule has 0 unspecified atom stereocenters. The van der Waals surface area contributed by atoms with E-state index in [1.807, 2.05) is 13.0 Å². The lowest BCUT2D eigenvalue weighted by atomic mass is 10.1. The molecule has 12 heteroatoms. The molecule has 0 radical (unpaired) electrons. The van der Waals surface area contributed by atoms with Crippen molar-refractivity contribution in [1.29, 1.82) is 0 Å². The number of hydrogen-bond acceptors (Lipinski definition) is 8. The van der Waals surface area contributed by atoms with Gasteiger partial charge in [-0.2, -0.15) is 0 Å². The van der Waals surface area contributed by atoms with E-state index in [0.29, 0.717) is 62.5 Å². The lowest BCUT2D eigenvalue weighted by Crippen LogP contribution is -2.39. The van der Waals surface area contributed by atoms with Crippen LogP contribution in [-0.4, -0.2) is 44.6 Å². The SMILES string of the molecule is C=CC(=O)N=C1CCC[C@H]1NC(=O)c1sc2nccc3c2c1NC(=O)N3c1cnc(Oc2ccccn2)cc1C. The zero-order valence-corrected chi connectivity index (χ0v) is 22.2. The summed E-state index contributed by atoms with van der Waals surface area (Å²) in [6.07, 6.45) is 8.05. The summed E-state index contributed by atoms with van der Waals surface area (Å²) in [5, 5.41) is 6.53. The van der Waals surface area contributed by atoms with E-state index in [2.05, 4.69) is 37.2 Å². The molecule has 1 aliphatic heterocycles. The average molecular weight is 554 g/mol. The van der Waals surface area contributed by atoms with Crippen LogP contribution in [0.25, 0.3) is 10.2 Å². The van der Waals surface area contributed by atoms with E-state index in [1.54, 1.807) is 42.9 Å². The summed E-state index contributed by atoms with van der Waals surface area (Å²) in [6.45, 7) is 5.31. The molecule has 1 atom stereocenters. The number of thiophene rings is 1. The van der Waals surface area contributed by atoms with Crippen LogP contribution in [0, 0.1) is 6.92 Å². The first-order valence-corrected chi connectivity index (χ1v) is 13.4. The zero-order valence-electron chi connectivity index (χ0n) is 21.4. The van der Waals surface area contributed by atoms with Gasteiger partial charge in [0.1, 0.15) is 9.71 Å². The third kappa shape index (κ3) is 4.58. The number of nitrogens with zero attached hydrogens (tertiary/aromatic N) is 5. The van der Waals surface area contributed by atoms with Crippen LogP contribution >= 0.6 is 11.3 Å². The number of urea groups is 1. The fourth-order valence-corrected chi connectivity index (χ4v) is 5.86.